The number of carbonyl (C=O) groups excluding carboxylic acids is 1. The molecule has 0 radical (unpaired) electrons. The molecular weight excluding hydrogens is 488 g/mol. The Morgan fingerprint density at radius 2 is 1.72 bits per heavy atom. The average molecular weight is 505 g/mol. The summed E-state index contributed by atoms with van der Waals surface area (Å²) < 4.78 is 2.55. The van der Waals surface area contributed by atoms with Gasteiger partial charge in [0.15, 0.2) is 0 Å². The number of rotatable bonds is 3. The monoisotopic (exact) mass is 504 g/mol. The molecule has 5 rings (SSSR count). The van der Waals surface area contributed by atoms with Gasteiger partial charge >= 0.3 is 0 Å². The fraction of sp³-hybridized carbons (Fsp3) is 0.0833. The largest absolute Gasteiger partial charge is 0.854 e. The zero-order valence-electron chi connectivity index (χ0n) is 17.0. The zero-order valence-corrected chi connectivity index (χ0v) is 19.4. The molecule has 4 aromatic rings. The summed E-state index contributed by atoms with van der Waals surface area (Å²) in [5.74, 6) is -0.549. The van der Waals surface area contributed by atoms with Crippen molar-refractivity contribution in [3.05, 3.63) is 94.5 Å². The van der Waals surface area contributed by atoms with Crippen molar-refractivity contribution >= 4 is 39.3 Å². The minimum atomic E-state index is -0.651. The molecule has 0 fully saturated rings. The van der Waals surface area contributed by atoms with Crippen molar-refractivity contribution in [2.75, 3.05) is 11.2 Å². The number of benzene rings is 3. The minimum absolute atomic E-state index is 0.180. The van der Waals surface area contributed by atoms with Crippen LogP contribution in [0.1, 0.15) is 22.1 Å². The van der Waals surface area contributed by atoms with Crippen molar-refractivity contribution in [3.63, 3.8) is 0 Å². The van der Waals surface area contributed by atoms with Gasteiger partial charge in [0.2, 0.25) is 0 Å². The Kier molecular flexibility index (Phi) is 5.40. The van der Waals surface area contributed by atoms with Crippen LogP contribution in [-0.2, 0) is 0 Å². The van der Waals surface area contributed by atoms with Crippen molar-refractivity contribution in [2.45, 2.75) is 11.3 Å². The van der Waals surface area contributed by atoms with Crippen molar-refractivity contribution in [1.29, 1.82) is 0 Å². The van der Waals surface area contributed by atoms with Crippen LogP contribution >= 0.6 is 27.7 Å². The number of thioether (sulfide) groups is 1. The highest BCUT2D eigenvalue weighted by Crippen LogP contribution is 2.41. The smallest absolute Gasteiger partial charge is 0.293 e. The first kappa shape index (κ1) is 20.7. The second-order valence-corrected chi connectivity index (χ2v) is 8.87. The Labute approximate surface area is 197 Å². The molecule has 0 aliphatic carbocycles. The van der Waals surface area contributed by atoms with Crippen LogP contribution in [0.2, 0.25) is 0 Å². The summed E-state index contributed by atoms with van der Waals surface area (Å²) in [6.45, 7) is 0. The molecule has 0 bridgehead atoms. The molecule has 0 spiro atoms. The van der Waals surface area contributed by atoms with Gasteiger partial charge in [-0.2, -0.15) is 0 Å². The van der Waals surface area contributed by atoms with E-state index >= 15 is 0 Å². The standard InChI is InChI=1S/C24H17BrN4O2S/c1-32-24-26-21(30)20-18-9-5-6-10-19(18)28(23(31)16-7-3-2-4-8-16)22(29(20)27-24)15-11-13-17(25)14-12-15/h2-14,22H,1H3. The predicted octanol–water partition coefficient (Wildman–Crippen LogP) is 4.20. The Morgan fingerprint density at radius 3 is 2.44 bits per heavy atom. The number of halogens is 1. The van der Waals surface area contributed by atoms with Crippen LogP contribution in [0.15, 0.2) is 88.5 Å². The maximum Gasteiger partial charge on any atom is 0.293 e. The van der Waals surface area contributed by atoms with Crippen LogP contribution < -0.4 is 14.7 Å². The van der Waals surface area contributed by atoms with Crippen LogP contribution in [0.5, 0.6) is 5.88 Å². The molecule has 0 N–H and O–H groups in total. The van der Waals surface area contributed by atoms with Gasteiger partial charge in [-0.15, -0.1) is 0 Å². The first-order valence-corrected chi connectivity index (χ1v) is 11.9. The van der Waals surface area contributed by atoms with Crippen LogP contribution in [0.25, 0.3) is 11.3 Å². The van der Waals surface area contributed by atoms with Crippen LogP contribution in [0.4, 0.5) is 5.69 Å². The van der Waals surface area contributed by atoms with Crippen molar-refractivity contribution < 1.29 is 14.6 Å². The molecule has 6 nitrogen and oxygen atoms in total. The molecule has 1 unspecified atom stereocenters. The third kappa shape index (κ3) is 3.45. The molecule has 1 aliphatic rings. The first-order valence-electron chi connectivity index (χ1n) is 9.87. The van der Waals surface area contributed by atoms with E-state index in [4.69, 9.17) is 0 Å². The zero-order chi connectivity index (χ0) is 22.2. The van der Waals surface area contributed by atoms with Gasteiger partial charge in [-0.3, -0.25) is 4.79 Å². The van der Waals surface area contributed by atoms with Crippen molar-refractivity contribution in [3.8, 4) is 17.1 Å². The SMILES string of the molecule is CSc1nc([O-])c2[n+](n1)C(c1ccc(Br)cc1)N(C(=O)c1ccccc1)c1ccccc1-2. The summed E-state index contributed by atoms with van der Waals surface area (Å²) in [5.41, 5.74) is 3.01. The summed E-state index contributed by atoms with van der Waals surface area (Å²) >= 11 is 4.76. The lowest BCUT2D eigenvalue weighted by Crippen LogP contribution is -2.59. The lowest BCUT2D eigenvalue weighted by molar-refractivity contribution is -0.764. The molecule has 158 valence electrons. The van der Waals surface area contributed by atoms with E-state index < -0.39 is 6.17 Å². The molecule has 32 heavy (non-hydrogen) atoms. The number of hydrogen-bond donors (Lipinski definition) is 0. The molecule has 1 amide bonds. The lowest BCUT2D eigenvalue weighted by Gasteiger charge is -2.33. The Bertz CT molecular complexity index is 1320. The Morgan fingerprint density at radius 1 is 1.03 bits per heavy atom. The molecule has 0 saturated carbocycles. The van der Waals surface area contributed by atoms with Crippen molar-refractivity contribution in [1.82, 2.24) is 10.1 Å². The average Bonchev–Trinajstić information content (AvgIpc) is 2.83. The number of hydrogen-bond acceptors (Lipinski definition) is 5. The number of carbonyl (C=O) groups is 1. The molecule has 8 heteroatoms. The number of fused-ring (bicyclic) bond motifs is 3. The molecule has 1 aliphatic heterocycles. The summed E-state index contributed by atoms with van der Waals surface area (Å²) in [6, 6.07) is 24.2. The molecule has 2 heterocycles. The van der Waals surface area contributed by atoms with Gasteiger partial charge < -0.3 is 5.11 Å². The maximum absolute atomic E-state index is 13.8. The van der Waals surface area contributed by atoms with Crippen LogP contribution in [-0.4, -0.2) is 22.2 Å². The molecule has 3 aromatic carbocycles. The molecule has 1 atom stereocenters. The number of aromatic nitrogens is 3. The predicted molar refractivity (Wildman–Crippen MR) is 124 cm³/mol. The van der Waals surface area contributed by atoms with Crippen LogP contribution in [0.3, 0.4) is 0 Å². The van der Waals surface area contributed by atoms with Crippen molar-refractivity contribution in [2.24, 2.45) is 0 Å². The fourth-order valence-corrected chi connectivity index (χ4v) is 4.50. The van der Waals surface area contributed by atoms with Gasteiger partial charge in [-0.05, 0) is 54.8 Å². The van der Waals surface area contributed by atoms with E-state index in [1.165, 1.54) is 11.8 Å². The minimum Gasteiger partial charge on any atom is -0.854 e. The van der Waals surface area contributed by atoms with Gasteiger partial charge in [-0.25, -0.2) is 9.88 Å². The number of para-hydroxylation sites is 1. The summed E-state index contributed by atoms with van der Waals surface area (Å²) in [4.78, 5) is 19.7. The Hall–Kier alpha value is -3.23. The topological polar surface area (TPSA) is 73.0 Å². The highest BCUT2D eigenvalue weighted by molar-refractivity contribution is 9.10. The van der Waals surface area contributed by atoms with Crippen LogP contribution in [0, 0.1) is 0 Å². The van der Waals surface area contributed by atoms with Gasteiger partial charge in [-0.1, -0.05) is 62.7 Å². The highest BCUT2D eigenvalue weighted by atomic mass is 79.9. The fourth-order valence-electron chi connectivity index (χ4n) is 3.89. The normalized spacial score (nSPS) is 14.6. The number of amides is 1. The maximum atomic E-state index is 13.8. The second kappa shape index (κ2) is 8.37. The quantitative estimate of drug-likeness (QED) is 0.308. The third-order valence-corrected chi connectivity index (χ3v) is 6.37. The molecule has 1 aromatic heterocycles. The van der Waals surface area contributed by atoms with E-state index in [0.717, 1.165) is 10.0 Å². The second-order valence-electron chi connectivity index (χ2n) is 7.18. The van der Waals surface area contributed by atoms with E-state index in [1.54, 1.807) is 21.7 Å². The van der Waals surface area contributed by atoms with Gasteiger partial charge in [0.1, 0.15) is 0 Å². The summed E-state index contributed by atoms with van der Waals surface area (Å²) in [7, 11) is 0. The summed E-state index contributed by atoms with van der Waals surface area (Å²) in [6.07, 6.45) is 1.17. The first-order chi connectivity index (χ1) is 15.6. The van der Waals surface area contributed by atoms with E-state index in [9.17, 15) is 9.90 Å². The van der Waals surface area contributed by atoms with E-state index in [-0.39, 0.29) is 11.8 Å². The third-order valence-electron chi connectivity index (χ3n) is 5.31. The van der Waals surface area contributed by atoms with E-state index in [2.05, 4.69) is 26.0 Å². The van der Waals surface area contributed by atoms with Gasteiger partial charge in [0, 0.05) is 20.7 Å². The van der Waals surface area contributed by atoms with Gasteiger partial charge in [0.25, 0.3) is 22.9 Å². The Balaban J connectivity index is 1.82. The molecular formula is C24H17BrN4O2S. The highest BCUT2D eigenvalue weighted by Gasteiger charge is 2.45. The lowest BCUT2D eigenvalue weighted by atomic mass is 10.00. The number of nitrogens with zero attached hydrogens (tertiary/aromatic N) is 4. The van der Waals surface area contributed by atoms with E-state index in [1.807, 2.05) is 73.0 Å². The number of anilines is 1. The van der Waals surface area contributed by atoms with E-state index in [0.29, 0.717) is 27.7 Å². The molecule has 0 saturated heterocycles. The summed E-state index contributed by atoms with van der Waals surface area (Å²) in [5, 5.41) is 18.1. The van der Waals surface area contributed by atoms with Gasteiger partial charge in [0.05, 0.1) is 17.1 Å².